The molecular formula is C15H20ClN4NaO2S2. The standard InChI is InChI=1S/C15H21ClN4O2S2.Na/c1-4-12(23)19-10-6-9(18-8(3)14(21)22)7-11(13(10)16)20-15(24)17-5-2;/h6-8,18H,4-5H2,1-3H3,(H,19,23)(H,21,22)(H2,17,20,24);/q;+1/p-1. The molecule has 1 unspecified atom stereocenters. The smallest absolute Gasteiger partial charge is 0.548 e. The predicted octanol–water partition coefficient (Wildman–Crippen LogP) is -0.650. The summed E-state index contributed by atoms with van der Waals surface area (Å²) in [5.41, 5.74) is 1.62. The molecule has 0 saturated heterocycles. The van der Waals surface area contributed by atoms with Gasteiger partial charge in [-0.1, -0.05) is 30.7 Å². The van der Waals surface area contributed by atoms with Crippen LogP contribution < -0.4 is 55.9 Å². The largest absolute Gasteiger partial charge is 1.00 e. The van der Waals surface area contributed by atoms with Crippen molar-refractivity contribution in [2.45, 2.75) is 33.2 Å². The fourth-order valence-corrected chi connectivity index (χ4v) is 2.33. The average molecular weight is 411 g/mol. The summed E-state index contributed by atoms with van der Waals surface area (Å²) >= 11 is 16.8. The van der Waals surface area contributed by atoms with Gasteiger partial charge in [0.05, 0.1) is 33.4 Å². The van der Waals surface area contributed by atoms with Gasteiger partial charge in [-0.3, -0.25) is 0 Å². The summed E-state index contributed by atoms with van der Waals surface area (Å²) in [7, 11) is 0. The molecule has 0 amide bonds. The van der Waals surface area contributed by atoms with Crippen molar-refractivity contribution in [2.75, 3.05) is 22.5 Å². The molecule has 1 aromatic rings. The van der Waals surface area contributed by atoms with E-state index in [4.69, 9.17) is 36.0 Å². The third-order valence-electron chi connectivity index (χ3n) is 2.99. The number of hydrogen-bond acceptors (Lipinski definition) is 5. The third-order valence-corrected chi connectivity index (χ3v) is 4.03. The Morgan fingerprint density at radius 2 is 1.80 bits per heavy atom. The number of nitrogens with one attached hydrogen (secondary N) is 4. The molecule has 0 saturated carbocycles. The topological polar surface area (TPSA) is 88.2 Å². The Bertz CT molecular complexity index is 646. The second-order valence-corrected chi connectivity index (χ2v) is 6.24. The van der Waals surface area contributed by atoms with Gasteiger partial charge >= 0.3 is 29.6 Å². The normalized spacial score (nSPS) is 10.9. The van der Waals surface area contributed by atoms with E-state index in [1.165, 1.54) is 6.92 Å². The van der Waals surface area contributed by atoms with Crippen LogP contribution in [0.5, 0.6) is 0 Å². The average Bonchev–Trinajstić information content (AvgIpc) is 2.51. The van der Waals surface area contributed by atoms with E-state index >= 15 is 0 Å². The molecular weight excluding hydrogens is 391 g/mol. The maximum atomic E-state index is 10.9. The van der Waals surface area contributed by atoms with Gasteiger partial charge in [-0.05, 0) is 44.6 Å². The van der Waals surface area contributed by atoms with Crippen LogP contribution >= 0.6 is 36.0 Å². The quantitative estimate of drug-likeness (QED) is 0.348. The first-order valence-electron chi connectivity index (χ1n) is 7.44. The van der Waals surface area contributed by atoms with Crippen molar-refractivity contribution in [3.63, 3.8) is 0 Å². The molecule has 0 aromatic heterocycles. The van der Waals surface area contributed by atoms with Gasteiger partial charge in [0.1, 0.15) is 0 Å². The van der Waals surface area contributed by atoms with E-state index in [9.17, 15) is 9.90 Å². The summed E-state index contributed by atoms with van der Waals surface area (Å²) in [4.78, 5) is 11.6. The molecule has 0 bridgehead atoms. The molecule has 10 heteroatoms. The van der Waals surface area contributed by atoms with E-state index in [1.54, 1.807) is 12.1 Å². The van der Waals surface area contributed by atoms with E-state index in [2.05, 4.69) is 21.3 Å². The van der Waals surface area contributed by atoms with E-state index in [0.29, 0.717) is 45.2 Å². The van der Waals surface area contributed by atoms with Gasteiger partial charge in [-0.2, -0.15) is 0 Å². The Balaban J connectivity index is 0.00000576. The summed E-state index contributed by atoms with van der Waals surface area (Å²) in [6, 6.07) is 2.49. The van der Waals surface area contributed by atoms with Crippen LogP contribution in [0, 0.1) is 0 Å². The van der Waals surface area contributed by atoms with Crippen LogP contribution in [0.3, 0.4) is 0 Å². The molecule has 0 fully saturated rings. The molecule has 0 spiro atoms. The first kappa shape index (κ1) is 24.4. The Kier molecular flexibility index (Phi) is 11.6. The number of hydrogen-bond donors (Lipinski definition) is 4. The van der Waals surface area contributed by atoms with Crippen molar-refractivity contribution in [3.8, 4) is 0 Å². The first-order chi connectivity index (χ1) is 11.3. The van der Waals surface area contributed by atoms with Crippen LogP contribution in [0.25, 0.3) is 0 Å². The number of aliphatic carboxylic acids is 1. The molecule has 0 aliphatic heterocycles. The number of halogens is 1. The minimum atomic E-state index is -1.21. The van der Waals surface area contributed by atoms with Crippen LogP contribution in [-0.4, -0.2) is 28.7 Å². The van der Waals surface area contributed by atoms with E-state index in [-0.39, 0.29) is 29.6 Å². The zero-order chi connectivity index (χ0) is 18.3. The van der Waals surface area contributed by atoms with Gasteiger partial charge in [-0.15, -0.1) is 0 Å². The number of rotatable bonds is 7. The van der Waals surface area contributed by atoms with Gasteiger partial charge in [-0.25, -0.2) is 0 Å². The third kappa shape index (κ3) is 8.06. The fraction of sp³-hybridized carbons (Fsp3) is 0.400. The number of benzene rings is 1. The van der Waals surface area contributed by atoms with Crippen molar-refractivity contribution in [1.29, 1.82) is 0 Å². The Labute approximate surface area is 185 Å². The van der Waals surface area contributed by atoms with Crippen molar-refractivity contribution in [2.24, 2.45) is 0 Å². The molecule has 1 atom stereocenters. The minimum absolute atomic E-state index is 0. The van der Waals surface area contributed by atoms with E-state index < -0.39 is 12.0 Å². The maximum Gasteiger partial charge on any atom is 1.00 e. The van der Waals surface area contributed by atoms with Crippen molar-refractivity contribution < 1.29 is 39.5 Å². The number of carbonyl (C=O) groups excluding carboxylic acids is 1. The Hall–Kier alpha value is -0.640. The Morgan fingerprint density at radius 3 is 2.28 bits per heavy atom. The summed E-state index contributed by atoms with van der Waals surface area (Å²) in [6.07, 6.45) is 0.650. The van der Waals surface area contributed by atoms with Gasteiger partial charge in [0.25, 0.3) is 0 Å². The van der Waals surface area contributed by atoms with Crippen molar-refractivity contribution in [1.82, 2.24) is 5.32 Å². The van der Waals surface area contributed by atoms with Gasteiger partial charge < -0.3 is 31.2 Å². The van der Waals surface area contributed by atoms with Crippen LogP contribution in [0.15, 0.2) is 12.1 Å². The number of carbonyl (C=O) groups is 1. The summed E-state index contributed by atoms with van der Waals surface area (Å²) in [5, 5.41) is 23.6. The SMILES string of the molecule is CCNC(=S)Nc1cc(NC(C)C(=O)[O-])cc(NC(=S)CC)c1Cl.[Na+]. The molecule has 0 radical (unpaired) electrons. The number of anilines is 3. The van der Waals surface area contributed by atoms with Gasteiger partial charge in [0, 0.05) is 12.2 Å². The number of thiocarbonyl (C=S) groups is 2. The summed E-state index contributed by atoms with van der Waals surface area (Å²) < 4.78 is 0. The van der Waals surface area contributed by atoms with E-state index in [0.717, 1.165) is 0 Å². The molecule has 1 aromatic carbocycles. The van der Waals surface area contributed by atoms with Crippen molar-refractivity contribution in [3.05, 3.63) is 17.2 Å². The first-order valence-corrected chi connectivity index (χ1v) is 8.63. The summed E-state index contributed by atoms with van der Waals surface area (Å²) in [5.74, 6) is -1.21. The monoisotopic (exact) mass is 410 g/mol. The molecule has 6 nitrogen and oxygen atoms in total. The molecule has 0 aliphatic rings. The zero-order valence-corrected chi connectivity index (χ0v) is 19.0. The zero-order valence-electron chi connectivity index (χ0n) is 14.7. The second kappa shape index (κ2) is 11.9. The van der Waals surface area contributed by atoms with Crippen LogP contribution in [0.2, 0.25) is 5.02 Å². The van der Waals surface area contributed by atoms with Crippen LogP contribution in [0.4, 0.5) is 17.1 Å². The van der Waals surface area contributed by atoms with Crippen molar-refractivity contribution >= 4 is 69.2 Å². The minimum Gasteiger partial charge on any atom is -0.548 e. The van der Waals surface area contributed by atoms with Crippen LogP contribution in [-0.2, 0) is 4.79 Å². The summed E-state index contributed by atoms with van der Waals surface area (Å²) in [6.45, 7) is 5.99. The molecule has 1 rings (SSSR count). The molecule has 0 heterocycles. The number of carboxylic acid groups (broad SMARTS) is 1. The maximum absolute atomic E-state index is 10.9. The predicted molar refractivity (Wildman–Crippen MR) is 106 cm³/mol. The molecule has 0 aliphatic carbocycles. The van der Waals surface area contributed by atoms with Gasteiger partial charge in [0.2, 0.25) is 0 Å². The van der Waals surface area contributed by atoms with Gasteiger partial charge in [0.15, 0.2) is 5.11 Å². The molecule has 4 N–H and O–H groups in total. The Morgan fingerprint density at radius 1 is 1.24 bits per heavy atom. The van der Waals surface area contributed by atoms with Crippen LogP contribution in [0.1, 0.15) is 27.2 Å². The fourth-order valence-electron chi connectivity index (χ4n) is 1.76. The van der Waals surface area contributed by atoms with E-state index in [1.807, 2.05) is 13.8 Å². The second-order valence-electron chi connectivity index (χ2n) is 4.96. The number of carboxylic acids is 1. The molecule has 25 heavy (non-hydrogen) atoms. The molecule has 132 valence electrons.